The molecular weight excluding hydrogens is 356 g/mol. The Bertz CT molecular complexity index is 767. The van der Waals surface area contributed by atoms with E-state index in [9.17, 15) is 18.4 Å². The maximum Gasteiger partial charge on any atom is 0.387 e. The molecule has 2 aromatic carbocycles. The molecular formula is C19H21F2N3O3. The van der Waals surface area contributed by atoms with E-state index in [1.165, 1.54) is 12.1 Å². The maximum atomic E-state index is 12.1. The highest BCUT2D eigenvalue weighted by molar-refractivity contribution is 5.92. The molecule has 0 heterocycles. The molecule has 0 fully saturated rings. The summed E-state index contributed by atoms with van der Waals surface area (Å²) in [6.07, 6.45) is 0.524. The van der Waals surface area contributed by atoms with Crippen LogP contribution in [0.3, 0.4) is 0 Å². The summed E-state index contributed by atoms with van der Waals surface area (Å²) in [6.45, 7) is -0.741. The summed E-state index contributed by atoms with van der Waals surface area (Å²) < 4.78 is 28.4. The number of alkyl halides is 2. The Morgan fingerprint density at radius 3 is 2.48 bits per heavy atom. The molecule has 0 aliphatic carbocycles. The van der Waals surface area contributed by atoms with Crippen LogP contribution < -0.4 is 20.7 Å². The van der Waals surface area contributed by atoms with E-state index in [0.29, 0.717) is 18.7 Å². The van der Waals surface area contributed by atoms with Crippen LogP contribution in [0.15, 0.2) is 48.5 Å². The molecule has 0 saturated carbocycles. The normalized spacial score (nSPS) is 10.4. The lowest BCUT2D eigenvalue weighted by Gasteiger charge is -2.09. The van der Waals surface area contributed by atoms with Gasteiger partial charge in [0.05, 0.1) is 6.54 Å². The van der Waals surface area contributed by atoms with Crippen LogP contribution in [0.1, 0.15) is 11.1 Å². The molecule has 2 rings (SSSR count). The standard InChI is InChI=1S/C19H21F2N3O3/c1-13-3-2-4-15(11-13)24-19(26)23-12-17(25)22-10-9-14-5-7-16(8-6-14)27-18(20)21/h2-8,11,18H,9-10,12H2,1H3,(H,22,25)(H2,23,24,26). The number of carbonyl (C=O) groups is 2. The van der Waals surface area contributed by atoms with Gasteiger partial charge in [0.15, 0.2) is 0 Å². The van der Waals surface area contributed by atoms with Crippen LogP contribution in [-0.4, -0.2) is 31.6 Å². The van der Waals surface area contributed by atoms with Gasteiger partial charge in [0.2, 0.25) is 5.91 Å². The number of benzene rings is 2. The van der Waals surface area contributed by atoms with E-state index in [0.717, 1.165) is 11.1 Å². The van der Waals surface area contributed by atoms with Crippen molar-refractivity contribution in [2.45, 2.75) is 20.0 Å². The van der Waals surface area contributed by atoms with Crippen molar-refractivity contribution in [1.29, 1.82) is 0 Å². The number of aryl methyl sites for hydroxylation is 1. The molecule has 2 aromatic rings. The zero-order valence-corrected chi connectivity index (χ0v) is 14.8. The molecule has 0 unspecified atom stereocenters. The predicted molar refractivity (Wildman–Crippen MR) is 98.0 cm³/mol. The first-order valence-corrected chi connectivity index (χ1v) is 8.34. The monoisotopic (exact) mass is 377 g/mol. The first kappa shape index (κ1) is 20.2. The Labute approximate surface area is 155 Å². The Morgan fingerprint density at radius 2 is 1.81 bits per heavy atom. The number of hydrogen-bond acceptors (Lipinski definition) is 3. The average Bonchev–Trinajstić information content (AvgIpc) is 2.61. The van der Waals surface area contributed by atoms with Crippen molar-refractivity contribution in [3.63, 3.8) is 0 Å². The van der Waals surface area contributed by atoms with Gasteiger partial charge in [-0.25, -0.2) is 4.79 Å². The Balaban J connectivity index is 1.65. The number of carbonyl (C=O) groups excluding carboxylic acids is 2. The highest BCUT2D eigenvalue weighted by atomic mass is 19.3. The number of ether oxygens (including phenoxy) is 1. The van der Waals surface area contributed by atoms with E-state index < -0.39 is 12.6 Å². The number of urea groups is 1. The predicted octanol–water partition coefficient (Wildman–Crippen LogP) is 3.08. The fraction of sp³-hybridized carbons (Fsp3) is 0.263. The van der Waals surface area contributed by atoms with Crippen LogP contribution in [0.4, 0.5) is 19.3 Å². The Morgan fingerprint density at radius 1 is 1.07 bits per heavy atom. The first-order valence-electron chi connectivity index (χ1n) is 8.34. The number of nitrogens with one attached hydrogen (secondary N) is 3. The fourth-order valence-corrected chi connectivity index (χ4v) is 2.30. The Kier molecular flexibility index (Phi) is 7.54. The number of anilines is 1. The summed E-state index contributed by atoms with van der Waals surface area (Å²) in [5, 5.41) is 7.79. The third-order valence-electron chi connectivity index (χ3n) is 3.57. The summed E-state index contributed by atoms with van der Waals surface area (Å²) in [4.78, 5) is 23.5. The number of rotatable bonds is 8. The molecule has 0 bridgehead atoms. The van der Waals surface area contributed by atoms with Gasteiger partial charge >= 0.3 is 12.6 Å². The number of hydrogen-bond donors (Lipinski definition) is 3. The molecule has 0 radical (unpaired) electrons. The van der Waals surface area contributed by atoms with Crippen molar-refractivity contribution in [3.8, 4) is 5.75 Å². The van der Waals surface area contributed by atoms with E-state index >= 15 is 0 Å². The molecule has 0 atom stereocenters. The molecule has 0 spiro atoms. The van der Waals surface area contributed by atoms with Crippen LogP contribution in [0, 0.1) is 6.92 Å². The van der Waals surface area contributed by atoms with Gasteiger partial charge < -0.3 is 20.7 Å². The van der Waals surface area contributed by atoms with Gasteiger partial charge in [-0.1, -0.05) is 24.3 Å². The minimum absolute atomic E-state index is 0.0848. The third-order valence-corrected chi connectivity index (χ3v) is 3.57. The van der Waals surface area contributed by atoms with Crippen molar-refractivity contribution in [3.05, 3.63) is 59.7 Å². The lowest BCUT2D eigenvalue weighted by Crippen LogP contribution is -2.39. The summed E-state index contributed by atoms with van der Waals surface area (Å²) in [5.41, 5.74) is 2.52. The molecule has 0 saturated heterocycles. The second-order valence-corrected chi connectivity index (χ2v) is 5.80. The molecule has 8 heteroatoms. The number of halogens is 2. The van der Waals surface area contributed by atoms with Crippen molar-refractivity contribution in [2.75, 3.05) is 18.4 Å². The minimum Gasteiger partial charge on any atom is -0.435 e. The van der Waals surface area contributed by atoms with Gasteiger partial charge in [-0.2, -0.15) is 8.78 Å². The average molecular weight is 377 g/mol. The quantitative estimate of drug-likeness (QED) is 0.661. The van der Waals surface area contributed by atoms with E-state index in [4.69, 9.17) is 0 Å². The smallest absolute Gasteiger partial charge is 0.387 e. The zero-order valence-electron chi connectivity index (χ0n) is 14.8. The molecule has 0 aromatic heterocycles. The maximum absolute atomic E-state index is 12.1. The van der Waals surface area contributed by atoms with Gasteiger partial charge in [0, 0.05) is 12.2 Å². The second-order valence-electron chi connectivity index (χ2n) is 5.80. The molecule has 3 N–H and O–H groups in total. The van der Waals surface area contributed by atoms with Crippen LogP contribution in [-0.2, 0) is 11.2 Å². The summed E-state index contributed by atoms with van der Waals surface area (Å²) in [7, 11) is 0. The van der Waals surface area contributed by atoms with E-state index in [1.807, 2.05) is 25.1 Å². The molecule has 0 aliphatic rings. The van der Waals surface area contributed by atoms with Crippen LogP contribution >= 0.6 is 0 Å². The van der Waals surface area contributed by atoms with Gasteiger partial charge in [-0.3, -0.25) is 4.79 Å². The fourth-order valence-electron chi connectivity index (χ4n) is 2.30. The van der Waals surface area contributed by atoms with Crippen LogP contribution in [0.25, 0.3) is 0 Å². The van der Waals surface area contributed by atoms with Gasteiger partial charge in [0.25, 0.3) is 0 Å². The van der Waals surface area contributed by atoms with Gasteiger partial charge in [-0.05, 0) is 48.7 Å². The van der Waals surface area contributed by atoms with Crippen molar-refractivity contribution >= 4 is 17.6 Å². The van der Waals surface area contributed by atoms with Crippen LogP contribution in [0.5, 0.6) is 5.75 Å². The molecule has 0 aliphatic heterocycles. The lowest BCUT2D eigenvalue weighted by atomic mass is 10.1. The highest BCUT2D eigenvalue weighted by Crippen LogP contribution is 2.15. The van der Waals surface area contributed by atoms with Crippen molar-refractivity contribution in [2.24, 2.45) is 0 Å². The van der Waals surface area contributed by atoms with E-state index in [-0.39, 0.29) is 18.2 Å². The van der Waals surface area contributed by atoms with Gasteiger partial charge in [-0.15, -0.1) is 0 Å². The SMILES string of the molecule is Cc1cccc(NC(=O)NCC(=O)NCCc2ccc(OC(F)F)cc2)c1. The second kappa shape index (κ2) is 10.1. The summed E-state index contributed by atoms with van der Waals surface area (Å²) in [6, 6.07) is 13.0. The van der Waals surface area contributed by atoms with Crippen molar-refractivity contribution < 1.29 is 23.1 Å². The topological polar surface area (TPSA) is 79.5 Å². The zero-order chi connectivity index (χ0) is 19.6. The highest BCUT2D eigenvalue weighted by Gasteiger charge is 2.06. The summed E-state index contributed by atoms with van der Waals surface area (Å²) in [5.74, 6) is -0.242. The lowest BCUT2D eigenvalue weighted by molar-refractivity contribution is -0.120. The third kappa shape index (κ3) is 7.72. The molecule has 6 nitrogen and oxygen atoms in total. The van der Waals surface area contributed by atoms with E-state index in [2.05, 4.69) is 20.7 Å². The molecule has 27 heavy (non-hydrogen) atoms. The molecule has 144 valence electrons. The van der Waals surface area contributed by atoms with Gasteiger partial charge in [0.1, 0.15) is 5.75 Å². The summed E-state index contributed by atoms with van der Waals surface area (Å²) >= 11 is 0. The van der Waals surface area contributed by atoms with Crippen LogP contribution in [0.2, 0.25) is 0 Å². The molecule has 3 amide bonds. The van der Waals surface area contributed by atoms with Crippen molar-refractivity contribution in [1.82, 2.24) is 10.6 Å². The largest absolute Gasteiger partial charge is 0.435 e. The minimum atomic E-state index is -2.86. The number of amides is 3. The van der Waals surface area contributed by atoms with E-state index in [1.54, 1.807) is 18.2 Å². The Hall–Kier alpha value is -3.16. The first-order chi connectivity index (χ1) is 12.9.